The quantitative estimate of drug-likeness (QED) is 0.874. The molecule has 3 rings (SSSR count). The number of rotatable bonds is 3. The summed E-state index contributed by atoms with van der Waals surface area (Å²) in [6, 6.07) is 20.8. The van der Waals surface area contributed by atoms with Gasteiger partial charge in [0, 0.05) is 12.6 Å². The summed E-state index contributed by atoms with van der Waals surface area (Å²) in [5.41, 5.74) is 2.42. The molecular weight excluding hydrogens is 294 g/mol. The zero-order valence-electron chi connectivity index (χ0n) is 12.7. The van der Waals surface area contributed by atoms with E-state index in [-0.39, 0.29) is 23.6 Å². The lowest BCUT2D eigenvalue weighted by atomic mass is 9.96. The highest BCUT2D eigenvalue weighted by Gasteiger charge is 2.33. The van der Waals surface area contributed by atoms with Gasteiger partial charge in [0.1, 0.15) is 0 Å². The molecule has 0 N–H and O–H groups in total. The van der Waals surface area contributed by atoms with Gasteiger partial charge in [-0.2, -0.15) is 0 Å². The molecule has 1 aliphatic heterocycles. The van der Waals surface area contributed by atoms with Crippen LogP contribution in [0, 0.1) is 0 Å². The monoisotopic (exact) mass is 315 g/mol. The average molecular weight is 315 g/mol. The Morgan fingerprint density at radius 3 is 1.91 bits per heavy atom. The van der Waals surface area contributed by atoms with Crippen LogP contribution in [0.25, 0.3) is 0 Å². The van der Waals surface area contributed by atoms with E-state index < -0.39 is 9.84 Å². The van der Waals surface area contributed by atoms with Crippen molar-refractivity contribution in [2.24, 2.45) is 0 Å². The van der Waals surface area contributed by atoms with Gasteiger partial charge < -0.3 is 0 Å². The number of hydrogen-bond acceptors (Lipinski definition) is 3. The first-order valence-corrected chi connectivity index (χ1v) is 9.45. The van der Waals surface area contributed by atoms with Crippen LogP contribution in [0.3, 0.4) is 0 Å². The summed E-state index contributed by atoms with van der Waals surface area (Å²) >= 11 is 0. The zero-order valence-corrected chi connectivity index (χ0v) is 13.5. The summed E-state index contributed by atoms with van der Waals surface area (Å²) in [5.74, 6) is 0.483. The Morgan fingerprint density at radius 1 is 0.955 bits per heavy atom. The molecule has 0 bridgehead atoms. The molecular formula is C18H21NO2S. The molecule has 0 aliphatic carbocycles. The standard InChI is InChI=1S/C18H21NO2S/c1-15-14-22(20,21)13-12-19(15)18(16-8-4-2-5-9-16)17-10-6-3-7-11-17/h2-11,15,18H,12-14H2,1H3. The van der Waals surface area contributed by atoms with Gasteiger partial charge in [-0.05, 0) is 18.1 Å². The molecule has 22 heavy (non-hydrogen) atoms. The van der Waals surface area contributed by atoms with Crippen LogP contribution < -0.4 is 0 Å². The van der Waals surface area contributed by atoms with Crippen LogP contribution >= 0.6 is 0 Å². The normalized spacial score (nSPS) is 21.8. The minimum Gasteiger partial charge on any atom is -0.288 e. The summed E-state index contributed by atoms with van der Waals surface area (Å²) in [4.78, 5) is 2.31. The van der Waals surface area contributed by atoms with Gasteiger partial charge in [0.05, 0.1) is 17.5 Å². The highest BCUT2D eigenvalue weighted by atomic mass is 32.2. The third-order valence-corrected chi connectivity index (χ3v) is 6.08. The van der Waals surface area contributed by atoms with Gasteiger partial charge >= 0.3 is 0 Å². The molecule has 0 radical (unpaired) electrons. The lowest BCUT2D eigenvalue weighted by Gasteiger charge is -2.39. The van der Waals surface area contributed by atoms with Crippen LogP contribution in [0.4, 0.5) is 0 Å². The first kappa shape index (κ1) is 15.3. The molecule has 1 aliphatic rings. The topological polar surface area (TPSA) is 37.4 Å². The van der Waals surface area contributed by atoms with Crippen molar-refractivity contribution in [3.63, 3.8) is 0 Å². The average Bonchev–Trinajstić information content (AvgIpc) is 2.51. The highest BCUT2D eigenvalue weighted by molar-refractivity contribution is 7.91. The summed E-state index contributed by atoms with van der Waals surface area (Å²) in [6.07, 6.45) is 0. The van der Waals surface area contributed by atoms with Crippen molar-refractivity contribution in [2.75, 3.05) is 18.1 Å². The maximum Gasteiger partial charge on any atom is 0.153 e. The number of nitrogens with zero attached hydrogens (tertiary/aromatic N) is 1. The van der Waals surface area contributed by atoms with Crippen LogP contribution in [-0.4, -0.2) is 37.4 Å². The molecule has 1 unspecified atom stereocenters. The largest absolute Gasteiger partial charge is 0.288 e. The van der Waals surface area contributed by atoms with Gasteiger partial charge in [0.2, 0.25) is 0 Å². The molecule has 116 valence electrons. The van der Waals surface area contributed by atoms with Crippen molar-refractivity contribution in [3.05, 3.63) is 71.8 Å². The molecule has 1 heterocycles. The van der Waals surface area contributed by atoms with Crippen molar-refractivity contribution in [2.45, 2.75) is 19.0 Å². The maximum absolute atomic E-state index is 11.9. The van der Waals surface area contributed by atoms with E-state index in [1.165, 1.54) is 11.1 Å². The minimum absolute atomic E-state index is 0.0177. The van der Waals surface area contributed by atoms with Gasteiger partial charge in [0.15, 0.2) is 9.84 Å². The van der Waals surface area contributed by atoms with E-state index in [1.807, 2.05) is 43.3 Å². The SMILES string of the molecule is CC1CS(=O)(=O)CCN1C(c1ccccc1)c1ccccc1. The summed E-state index contributed by atoms with van der Waals surface area (Å²) < 4.78 is 23.8. The first-order valence-electron chi connectivity index (χ1n) is 7.63. The van der Waals surface area contributed by atoms with Crippen LogP contribution in [0.15, 0.2) is 60.7 Å². The Morgan fingerprint density at radius 2 is 1.45 bits per heavy atom. The van der Waals surface area contributed by atoms with Gasteiger partial charge in [-0.1, -0.05) is 60.7 Å². The third kappa shape index (κ3) is 3.23. The third-order valence-electron chi connectivity index (χ3n) is 4.28. The minimum atomic E-state index is -2.90. The lowest BCUT2D eigenvalue weighted by Crippen LogP contribution is -2.48. The maximum atomic E-state index is 11.9. The van der Waals surface area contributed by atoms with E-state index in [0.717, 1.165) is 0 Å². The second kappa shape index (κ2) is 6.23. The zero-order chi connectivity index (χ0) is 15.6. The summed E-state index contributed by atoms with van der Waals surface area (Å²) in [5, 5.41) is 0. The van der Waals surface area contributed by atoms with Crippen molar-refractivity contribution < 1.29 is 8.42 Å². The van der Waals surface area contributed by atoms with Crippen molar-refractivity contribution in [3.8, 4) is 0 Å². The first-order chi connectivity index (χ1) is 10.6. The fourth-order valence-corrected chi connectivity index (χ4v) is 4.82. The van der Waals surface area contributed by atoms with Crippen LogP contribution in [0.5, 0.6) is 0 Å². The molecule has 4 heteroatoms. The highest BCUT2D eigenvalue weighted by Crippen LogP contribution is 2.32. The fraction of sp³-hybridized carbons (Fsp3) is 0.333. The summed E-state index contributed by atoms with van der Waals surface area (Å²) in [7, 11) is -2.90. The van der Waals surface area contributed by atoms with E-state index in [9.17, 15) is 8.42 Å². The van der Waals surface area contributed by atoms with Crippen LogP contribution in [-0.2, 0) is 9.84 Å². The molecule has 2 aromatic carbocycles. The number of hydrogen-bond donors (Lipinski definition) is 0. The molecule has 0 aromatic heterocycles. The number of sulfone groups is 1. The molecule has 1 fully saturated rings. The van der Waals surface area contributed by atoms with E-state index in [1.54, 1.807) is 0 Å². The van der Waals surface area contributed by atoms with E-state index in [4.69, 9.17) is 0 Å². The molecule has 0 amide bonds. The fourth-order valence-electron chi connectivity index (χ4n) is 3.24. The van der Waals surface area contributed by atoms with Crippen molar-refractivity contribution in [1.29, 1.82) is 0 Å². The Labute approximate surface area is 132 Å². The second-order valence-corrected chi connectivity index (χ2v) is 8.15. The smallest absolute Gasteiger partial charge is 0.153 e. The van der Waals surface area contributed by atoms with E-state index in [2.05, 4.69) is 29.2 Å². The Bertz CT molecular complexity index is 674. The van der Waals surface area contributed by atoms with Crippen LogP contribution in [0.2, 0.25) is 0 Å². The predicted molar refractivity (Wildman–Crippen MR) is 89.5 cm³/mol. The van der Waals surface area contributed by atoms with E-state index in [0.29, 0.717) is 6.54 Å². The molecule has 1 atom stereocenters. The molecule has 2 aromatic rings. The van der Waals surface area contributed by atoms with Crippen molar-refractivity contribution in [1.82, 2.24) is 4.90 Å². The van der Waals surface area contributed by atoms with Gasteiger partial charge in [0.25, 0.3) is 0 Å². The van der Waals surface area contributed by atoms with Gasteiger partial charge in [-0.15, -0.1) is 0 Å². The van der Waals surface area contributed by atoms with Gasteiger partial charge in [-0.3, -0.25) is 4.90 Å². The molecule has 0 spiro atoms. The van der Waals surface area contributed by atoms with Crippen molar-refractivity contribution >= 4 is 9.84 Å². The number of benzene rings is 2. The molecule has 1 saturated heterocycles. The second-order valence-electron chi connectivity index (χ2n) is 5.93. The Balaban J connectivity index is 2.00. The predicted octanol–water partition coefficient (Wildman–Crippen LogP) is 2.89. The van der Waals surface area contributed by atoms with Gasteiger partial charge in [-0.25, -0.2) is 8.42 Å². The molecule has 0 saturated carbocycles. The van der Waals surface area contributed by atoms with Crippen LogP contribution in [0.1, 0.15) is 24.1 Å². The Kier molecular flexibility index (Phi) is 4.32. The lowest BCUT2D eigenvalue weighted by molar-refractivity contribution is 0.182. The van der Waals surface area contributed by atoms with E-state index >= 15 is 0 Å². The Hall–Kier alpha value is -1.65. The molecule has 3 nitrogen and oxygen atoms in total. The summed E-state index contributed by atoms with van der Waals surface area (Å²) in [6.45, 7) is 2.59.